The average molecular weight is 236 g/mol. The highest BCUT2D eigenvalue weighted by molar-refractivity contribution is 5.38. The summed E-state index contributed by atoms with van der Waals surface area (Å²) in [6.45, 7) is 6.86. The minimum Gasteiger partial charge on any atom is -0.496 e. The molecule has 0 heterocycles. The lowest BCUT2D eigenvalue weighted by Crippen LogP contribution is -2.25. The highest BCUT2D eigenvalue weighted by Gasteiger charge is 2.08. The Bertz CT molecular complexity index is 350. The number of nitrogens with zero attached hydrogens (tertiary/aromatic N) is 1. The molecule has 0 spiro atoms. The Kier molecular flexibility index (Phi) is 5.45. The first-order chi connectivity index (χ1) is 8.08. The van der Waals surface area contributed by atoms with Crippen molar-refractivity contribution in [1.29, 1.82) is 0 Å². The SMILES string of the molecule is COc1ccc(C(C)C)cc1CN(C)CCN. The van der Waals surface area contributed by atoms with Crippen LogP contribution in [0.5, 0.6) is 5.75 Å². The van der Waals surface area contributed by atoms with Crippen LogP contribution in [0.1, 0.15) is 30.9 Å². The largest absolute Gasteiger partial charge is 0.496 e. The molecule has 0 amide bonds. The Morgan fingerprint density at radius 1 is 1.35 bits per heavy atom. The monoisotopic (exact) mass is 236 g/mol. The van der Waals surface area contributed by atoms with Crippen molar-refractivity contribution < 1.29 is 4.74 Å². The number of nitrogens with two attached hydrogens (primary N) is 1. The summed E-state index contributed by atoms with van der Waals surface area (Å²) >= 11 is 0. The van der Waals surface area contributed by atoms with Gasteiger partial charge >= 0.3 is 0 Å². The van der Waals surface area contributed by atoms with E-state index >= 15 is 0 Å². The van der Waals surface area contributed by atoms with E-state index in [2.05, 4.69) is 44.0 Å². The van der Waals surface area contributed by atoms with Crippen LogP contribution >= 0.6 is 0 Å². The van der Waals surface area contributed by atoms with Gasteiger partial charge in [-0.05, 0) is 24.6 Å². The Morgan fingerprint density at radius 3 is 2.59 bits per heavy atom. The molecule has 0 saturated heterocycles. The van der Waals surface area contributed by atoms with Gasteiger partial charge in [-0.25, -0.2) is 0 Å². The van der Waals surface area contributed by atoms with Crippen LogP contribution in [-0.4, -0.2) is 32.1 Å². The van der Waals surface area contributed by atoms with Gasteiger partial charge in [-0.1, -0.05) is 26.0 Å². The molecule has 0 aliphatic heterocycles. The highest BCUT2D eigenvalue weighted by atomic mass is 16.5. The maximum atomic E-state index is 5.56. The van der Waals surface area contributed by atoms with Crippen molar-refractivity contribution in [3.05, 3.63) is 29.3 Å². The van der Waals surface area contributed by atoms with Crippen LogP contribution in [0.3, 0.4) is 0 Å². The van der Waals surface area contributed by atoms with Gasteiger partial charge in [0.2, 0.25) is 0 Å². The van der Waals surface area contributed by atoms with Crippen molar-refractivity contribution in [3.63, 3.8) is 0 Å². The van der Waals surface area contributed by atoms with E-state index in [9.17, 15) is 0 Å². The lowest BCUT2D eigenvalue weighted by molar-refractivity contribution is 0.325. The molecule has 1 aromatic carbocycles. The van der Waals surface area contributed by atoms with E-state index in [-0.39, 0.29) is 0 Å². The number of methoxy groups -OCH3 is 1. The molecule has 3 nitrogen and oxygen atoms in total. The molecule has 0 radical (unpaired) electrons. The molecule has 0 aromatic heterocycles. The van der Waals surface area contributed by atoms with Crippen molar-refractivity contribution in [2.45, 2.75) is 26.3 Å². The Morgan fingerprint density at radius 2 is 2.06 bits per heavy atom. The van der Waals surface area contributed by atoms with Crippen molar-refractivity contribution in [2.75, 3.05) is 27.2 Å². The van der Waals surface area contributed by atoms with Crippen molar-refractivity contribution in [2.24, 2.45) is 5.73 Å². The van der Waals surface area contributed by atoms with Crippen molar-refractivity contribution in [1.82, 2.24) is 4.90 Å². The maximum Gasteiger partial charge on any atom is 0.123 e. The molecule has 1 aromatic rings. The van der Waals surface area contributed by atoms with Gasteiger partial charge in [-0.3, -0.25) is 0 Å². The zero-order valence-electron chi connectivity index (χ0n) is 11.4. The van der Waals surface area contributed by atoms with Gasteiger partial charge in [0.1, 0.15) is 5.75 Å². The highest BCUT2D eigenvalue weighted by Crippen LogP contribution is 2.25. The molecule has 1 rings (SSSR count). The summed E-state index contributed by atoms with van der Waals surface area (Å²) in [6, 6.07) is 6.42. The van der Waals surface area contributed by atoms with Gasteiger partial charge in [0, 0.05) is 25.2 Å². The summed E-state index contributed by atoms with van der Waals surface area (Å²) in [7, 11) is 3.80. The van der Waals surface area contributed by atoms with Gasteiger partial charge in [0.25, 0.3) is 0 Å². The second kappa shape index (κ2) is 6.62. The molecule has 0 atom stereocenters. The molecule has 0 aliphatic carbocycles. The number of hydrogen-bond acceptors (Lipinski definition) is 3. The second-order valence-corrected chi connectivity index (χ2v) is 4.75. The molecule has 2 N–H and O–H groups in total. The fraction of sp³-hybridized carbons (Fsp3) is 0.571. The van der Waals surface area contributed by atoms with Crippen LogP contribution in [0.2, 0.25) is 0 Å². The first-order valence-electron chi connectivity index (χ1n) is 6.14. The molecule has 3 heteroatoms. The molecule has 0 fully saturated rings. The van der Waals surface area contributed by atoms with Gasteiger partial charge in [-0.2, -0.15) is 0 Å². The van der Waals surface area contributed by atoms with E-state index in [1.807, 2.05) is 0 Å². The number of rotatable bonds is 6. The summed E-state index contributed by atoms with van der Waals surface area (Å²) in [5.41, 5.74) is 8.14. The first kappa shape index (κ1) is 14.0. The molecule has 96 valence electrons. The topological polar surface area (TPSA) is 38.5 Å². The Labute approximate surface area is 105 Å². The van der Waals surface area contributed by atoms with Crippen molar-refractivity contribution >= 4 is 0 Å². The van der Waals surface area contributed by atoms with Crippen molar-refractivity contribution in [3.8, 4) is 5.75 Å². The zero-order chi connectivity index (χ0) is 12.8. The van der Waals surface area contributed by atoms with E-state index < -0.39 is 0 Å². The van der Waals surface area contributed by atoms with Gasteiger partial charge in [-0.15, -0.1) is 0 Å². The predicted molar refractivity (Wildman–Crippen MR) is 72.5 cm³/mol. The van der Waals surface area contributed by atoms with Crippen LogP contribution in [0.15, 0.2) is 18.2 Å². The van der Waals surface area contributed by atoms with E-state index in [1.54, 1.807) is 7.11 Å². The molecular weight excluding hydrogens is 212 g/mol. The lowest BCUT2D eigenvalue weighted by Gasteiger charge is -2.19. The fourth-order valence-electron chi connectivity index (χ4n) is 1.87. The normalized spacial score (nSPS) is 11.2. The number of hydrogen-bond donors (Lipinski definition) is 1. The van der Waals surface area contributed by atoms with Crippen LogP contribution < -0.4 is 10.5 Å². The Hall–Kier alpha value is -1.06. The smallest absolute Gasteiger partial charge is 0.123 e. The summed E-state index contributed by atoms with van der Waals surface area (Å²) < 4.78 is 5.40. The molecule has 0 unspecified atom stereocenters. The minimum absolute atomic E-state index is 0.541. The molecule has 17 heavy (non-hydrogen) atoms. The number of benzene rings is 1. The van der Waals surface area contributed by atoms with E-state index in [4.69, 9.17) is 10.5 Å². The van der Waals surface area contributed by atoms with Gasteiger partial charge in [0.15, 0.2) is 0 Å². The van der Waals surface area contributed by atoms with Gasteiger partial charge < -0.3 is 15.4 Å². The van der Waals surface area contributed by atoms with Crippen LogP contribution in [0.25, 0.3) is 0 Å². The number of ether oxygens (including phenoxy) is 1. The fourth-order valence-corrected chi connectivity index (χ4v) is 1.87. The second-order valence-electron chi connectivity index (χ2n) is 4.75. The molecular formula is C14H24N2O. The molecule has 0 saturated carbocycles. The van der Waals surface area contributed by atoms with Crippen LogP contribution in [0.4, 0.5) is 0 Å². The quantitative estimate of drug-likeness (QED) is 0.823. The van der Waals surface area contributed by atoms with Crippen LogP contribution in [-0.2, 0) is 6.54 Å². The summed E-state index contributed by atoms with van der Waals surface area (Å²) in [5.74, 6) is 1.50. The van der Waals surface area contributed by atoms with Crippen LogP contribution in [0, 0.1) is 0 Å². The Balaban J connectivity index is 2.89. The summed E-state index contributed by atoms with van der Waals surface area (Å²) in [6.07, 6.45) is 0. The third kappa shape index (κ3) is 4.02. The summed E-state index contributed by atoms with van der Waals surface area (Å²) in [4.78, 5) is 2.21. The predicted octanol–water partition coefficient (Wildman–Crippen LogP) is 2.21. The third-order valence-corrected chi connectivity index (χ3v) is 2.92. The zero-order valence-corrected chi connectivity index (χ0v) is 11.4. The maximum absolute atomic E-state index is 5.56. The van der Waals surface area contributed by atoms with Gasteiger partial charge in [0.05, 0.1) is 7.11 Å². The minimum atomic E-state index is 0.541. The summed E-state index contributed by atoms with van der Waals surface area (Å²) in [5, 5.41) is 0. The molecule has 0 bridgehead atoms. The van der Waals surface area contributed by atoms with E-state index in [0.717, 1.165) is 18.8 Å². The lowest BCUT2D eigenvalue weighted by atomic mass is 10.00. The molecule has 0 aliphatic rings. The van der Waals surface area contributed by atoms with E-state index in [1.165, 1.54) is 11.1 Å². The first-order valence-corrected chi connectivity index (χ1v) is 6.14. The average Bonchev–Trinajstić information content (AvgIpc) is 2.29. The van der Waals surface area contributed by atoms with E-state index in [0.29, 0.717) is 12.5 Å². The standard InChI is InChI=1S/C14H24N2O/c1-11(2)12-5-6-14(17-4)13(9-12)10-16(3)8-7-15/h5-6,9,11H,7-8,10,15H2,1-4H3. The third-order valence-electron chi connectivity index (χ3n) is 2.92. The number of likely N-dealkylation sites (N-methyl/N-ethyl adjacent to an activating group) is 1.